The summed E-state index contributed by atoms with van der Waals surface area (Å²) in [5.74, 6) is 0.108. The van der Waals surface area contributed by atoms with Crippen LogP contribution in [0.1, 0.15) is 15.2 Å². The normalized spacial score (nSPS) is 10.6. The first-order valence-electron chi connectivity index (χ1n) is 8.23. The summed E-state index contributed by atoms with van der Waals surface area (Å²) >= 11 is 1.56. The van der Waals surface area contributed by atoms with Crippen LogP contribution in [0.15, 0.2) is 72.1 Å². The fourth-order valence-electron chi connectivity index (χ4n) is 2.38. The lowest BCUT2D eigenvalue weighted by Gasteiger charge is -2.10. The second-order valence-corrected chi connectivity index (χ2v) is 6.55. The Balaban J connectivity index is 1.61. The van der Waals surface area contributed by atoms with Gasteiger partial charge in [0, 0.05) is 22.2 Å². The molecule has 136 valence electrons. The van der Waals surface area contributed by atoms with Crippen LogP contribution in [0.4, 0.5) is 11.4 Å². The predicted molar refractivity (Wildman–Crippen MR) is 109 cm³/mol. The van der Waals surface area contributed by atoms with Crippen molar-refractivity contribution in [2.24, 2.45) is 0 Å². The molecule has 1 aromatic heterocycles. The molecule has 2 amide bonds. The van der Waals surface area contributed by atoms with E-state index < -0.39 is 0 Å². The van der Waals surface area contributed by atoms with E-state index >= 15 is 0 Å². The van der Waals surface area contributed by atoms with Gasteiger partial charge in [-0.05, 0) is 53.9 Å². The number of ether oxygens (including phenoxy) is 1. The molecule has 0 atom stereocenters. The third-order valence-corrected chi connectivity index (χ3v) is 4.55. The number of amides is 2. The molecule has 5 nitrogen and oxygen atoms in total. The molecule has 0 aliphatic rings. The Kier molecular flexibility index (Phi) is 6.02. The number of thiophene rings is 1. The standard InChI is InChI=1S/C21H18N2O3S/c1-26-19-7-3-2-6-18(19)23-21(25)15-8-10-16(11-9-15)22-20(24)13-12-17-5-4-14-27-17/h2-14H,1H3,(H,22,24)(H,23,25)/b13-12+. The van der Waals surface area contributed by atoms with E-state index in [1.54, 1.807) is 60.9 Å². The zero-order valence-corrected chi connectivity index (χ0v) is 15.5. The van der Waals surface area contributed by atoms with Gasteiger partial charge in [0.05, 0.1) is 12.8 Å². The smallest absolute Gasteiger partial charge is 0.255 e. The van der Waals surface area contributed by atoms with Crippen molar-refractivity contribution in [2.75, 3.05) is 17.7 Å². The number of carbonyl (C=O) groups is 2. The molecular weight excluding hydrogens is 360 g/mol. The summed E-state index contributed by atoms with van der Waals surface area (Å²) in [7, 11) is 1.55. The second kappa shape index (κ2) is 8.82. The van der Waals surface area contributed by atoms with Crippen molar-refractivity contribution in [1.82, 2.24) is 0 Å². The monoisotopic (exact) mass is 378 g/mol. The van der Waals surface area contributed by atoms with Crippen molar-refractivity contribution in [3.8, 4) is 5.75 Å². The summed E-state index contributed by atoms with van der Waals surface area (Å²) in [6.45, 7) is 0. The summed E-state index contributed by atoms with van der Waals surface area (Å²) in [5.41, 5.74) is 1.69. The Bertz CT molecular complexity index is 948. The van der Waals surface area contributed by atoms with Crippen molar-refractivity contribution in [3.05, 3.63) is 82.6 Å². The largest absolute Gasteiger partial charge is 0.495 e. The maximum absolute atomic E-state index is 12.4. The van der Waals surface area contributed by atoms with E-state index in [1.165, 1.54) is 6.08 Å². The van der Waals surface area contributed by atoms with Crippen molar-refractivity contribution < 1.29 is 14.3 Å². The van der Waals surface area contributed by atoms with Gasteiger partial charge in [0.15, 0.2) is 0 Å². The fraction of sp³-hybridized carbons (Fsp3) is 0.0476. The van der Waals surface area contributed by atoms with E-state index in [0.717, 1.165) is 4.88 Å². The second-order valence-electron chi connectivity index (χ2n) is 5.57. The van der Waals surface area contributed by atoms with Gasteiger partial charge >= 0.3 is 0 Å². The van der Waals surface area contributed by atoms with E-state index in [0.29, 0.717) is 22.7 Å². The lowest BCUT2D eigenvalue weighted by molar-refractivity contribution is -0.111. The number of anilines is 2. The van der Waals surface area contributed by atoms with Gasteiger partial charge in [-0.15, -0.1) is 11.3 Å². The summed E-state index contributed by atoms with van der Waals surface area (Å²) < 4.78 is 5.23. The highest BCUT2D eigenvalue weighted by molar-refractivity contribution is 7.10. The van der Waals surface area contributed by atoms with Gasteiger partial charge in [-0.2, -0.15) is 0 Å². The van der Waals surface area contributed by atoms with Crippen LogP contribution in [0.2, 0.25) is 0 Å². The SMILES string of the molecule is COc1ccccc1NC(=O)c1ccc(NC(=O)/C=C/c2cccs2)cc1. The Labute approximate surface area is 161 Å². The summed E-state index contributed by atoms with van der Waals surface area (Å²) in [6.07, 6.45) is 3.24. The number of carbonyl (C=O) groups excluding carboxylic acids is 2. The Morgan fingerprint density at radius 2 is 1.74 bits per heavy atom. The highest BCUT2D eigenvalue weighted by Crippen LogP contribution is 2.23. The van der Waals surface area contributed by atoms with Gasteiger partial charge in [0.2, 0.25) is 5.91 Å². The van der Waals surface area contributed by atoms with Crippen LogP contribution in [0.3, 0.4) is 0 Å². The van der Waals surface area contributed by atoms with Crippen molar-refractivity contribution in [3.63, 3.8) is 0 Å². The molecule has 0 aliphatic carbocycles. The first-order chi connectivity index (χ1) is 13.2. The Hall–Kier alpha value is -3.38. The number of benzene rings is 2. The molecule has 0 radical (unpaired) electrons. The minimum absolute atomic E-state index is 0.227. The topological polar surface area (TPSA) is 67.4 Å². The summed E-state index contributed by atoms with van der Waals surface area (Å²) in [6, 6.07) is 17.7. The molecule has 0 saturated carbocycles. The van der Waals surface area contributed by atoms with Gasteiger partial charge in [0.25, 0.3) is 5.91 Å². The molecule has 0 fully saturated rings. The molecular formula is C21H18N2O3S. The quantitative estimate of drug-likeness (QED) is 0.613. The minimum Gasteiger partial charge on any atom is -0.495 e. The van der Waals surface area contributed by atoms with Gasteiger partial charge in [0.1, 0.15) is 5.75 Å². The number of methoxy groups -OCH3 is 1. The average Bonchev–Trinajstić information content (AvgIpc) is 3.21. The third kappa shape index (κ3) is 5.05. The van der Waals surface area contributed by atoms with Crippen LogP contribution >= 0.6 is 11.3 Å². The summed E-state index contributed by atoms with van der Waals surface area (Å²) in [5, 5.41) is 7.53. The molecule has 1 heterocycles. The highest BCUT2D eigenvalue weighted by Gasteiger charge is 2.09. The van der Waals surface area contributed by atoms with Gasteiger partial charge in [-0.1, -0.05) is 18.2 Å². The zero-order chi connectivity index (χ0) is 19.1. The number of hydrogen-bond donors (Lipinski definition) is 2. The van der Waals surface area contributed by atoms with E-state index in [2.05, 4.69) is 10.6 Å². The number of nitrogens with one attached hydrogen (secondary N) is 2. The molecule has 2 aromatic carbocycles. The molecule has 3 rings (SSSR count). The van der Waals surface area contributed by atoms with Crippen LogP contribution in [-0.4, -0.2) is 18.9 Å². The highest BCUT2D eigenvalue weighted by atomic mass is 32.1. The lowest BCUT2D eigenvalue weighted by Crippen LogP contribution is -2.13. The lowest BCUT2D eigenvalue weighted by atomic mass is 10.2. The molecule has 2 N–H and O–H groups in total. The van der Waals surface area contributed by atoms with Crippen LogP contribution in [0, 0.1) is 0 Å². The van der Waals surface area contributed by atoms with Gasteiger partial charge < -0.3 is 15.4 Å². The average molecular weight is 378 g/mol. The van der Waals surface area contributed by atoms with Crippen LogP contribution in [-0.2, 0) is 4.79 Å². The maximum Gasteiger partial charge on any atom is 0.255 e. The third-order valence-electron chi connectivity index (χ3n) is 3.71. The minimum atomic E-state index is -0.255. The fourth-order valence-corrected chi connectivity index (χ4v) is 2.99. The first kappa shape index (κ1) is 18.4. The molecule has 27 heavy (non-hydrogen) atoms. The number of hydrogen-bond acceptors (Lipinski definition) is 4. The van der Waals surface area contributed by atoms with Crippen LogP contribution < -0.4 is 15.4 Å². The molecule has 0 saturated heterocycles. The molecule has 0 spiro atoms. The van der Waals surface area contributed by atoms with E-state index in [1.807, 2.05) is 29.6 Å². The predicted octanol–water partition coefficient (Wildman–Crippen LogP) is 4.66. The zero-order valence-electron chi connectivity index (χ0n) is 14.6. The van der Waals surface area contributed by atoms with E-state index in [-0.39, 0.29) is 11.8 Å². The van der Waals surface area contributed by atoms with Crippen LogP contribution in [0.5, 0.6) is 5.75 Å². The summed E-state index contributed by atoms with van der Waals surface area (Å²) in [4.78, 5) is 25.3. The van der Waals surface area contributed by atoms with Crippen LogP contribution in [0.25, 0.3) is 6.08 Å². The van der Waals surface area contributed by atoms with Crippen molar-refractivity contribution in [1.29, 1.82) is 0 Å². The molecule has 0 unspecified atom stereocenters. The Morgan fingerprint density at radius 1 is 0.963 bits per heavy atom. The molecule has 0 aliphatic heterocycles. The van der Waals surface area contributed by atoms with E-state index in [9.17, 15) is 9.59 Å². The molecule has 3 aromatic rings. The number of rotatable bonds is 6. The maximum atomic E-state index is 12.4. The van der Waals surface area contributed by atoms with E-state index in [4.69, 9.17) is 4.74 Å². The van der Waals surface area contributed by atoms with Gasteiger partial charge in [-0.25, -0.2) is 0 Å². The van der Waals surface area contributed by atoms with Gasteiger partial charge in [-0.3, -0.25) is 9.59 Å². The molecule has 0 bridgehead atoms. The number of para-hydroxylation sites is 2. The first-order valence-corrected chi connectivity index (χ1v) is 9.10. The Morgan fingerprint density at radius 3 is 2.44 bits per heavy atom. The molecule has 6 heteroatoms. The van der Waals surface area contributed by atoms with Crippen molar-refractivity contribution >= 4 is 40.6 Å². The van der Waals surface area contributed by atoms with Crippen molar-refractivity contribution in [2.45, 2.75) is 0 Å².